The van der Waals surface area contributed by atoms with E-state index in [1.54, 1.807) is 6.26 Å². The second-order valence-electron chi connectivity index (χ2n) is 2.25. The molecule has 0 aliphatic carbocycles. The molecular formula is C8H7ClFNOS. The third-order valence-corrected chi connectivity index (χ3v) is 2.11. The van der Waals surface area contributed by atoms with Crippen LogP contribution in [0.4, 0.5) is 14.9 Å². The number of anilines is 1. The van der Waals surface area contributed by atoms with Crippen LogP contribution >= 0.6 is 23.4 Å². The number of nitrogens with one attached hydrogen (secondary N) is 1. The smallest absolute Gasteiger partial charge is 0.283 e. The summed E-state index contributed by atoms with van der Waals surface area (Å²) in [7, 11) is 0. The van der Waals surface area contributed by atoms with Crippen LogP contribution in [-0.4, -0.2) is 11.5 Å². The first-order valence-corrected chi connectivity index (χ1v) is 5.04. The molecule has 1 N–H and O–H groups in total. The van der Waals surface area contributed by atoms with Crippen molar-refractivity contribution in [3.63, 3.8) is 0 Å². The molecule has 5 heteroatoms. The van der Waals surface area contributed by atoms with Gasteiger partial charge in [0.25, 0.3) is 5.24 Å². The summed E-state index contributed by atoms with van der Waals surface area (Å²) in [6.45, 7) is 0. The van der Waals surface area contributed by atoms with Crippen molar-refractivity contribution in [3.05, 3.63) is 29.0 Å². The normalized spacial score (nSPS) is 9.77. The van der Waals surface area contributed by atoms with E-state index in [9.17, 15) is 9.18 Å². The van der Waals surface area contributed by atoms with Crippen LogP contribution in [0, 0.1) is 5.82 Å². The number of amides is 1. The fraction of sp³-hybridized carbons (Fsp3) is 0.125. The van der Waals surface area contributed by atoms with Gasteiger partial charge in [0.2, 0.25) is 0 Å². The summed E-state index contributed by atoms with van der Waals surface area (Å²) in [5.41, 5.74) is 0.491. The predicted octanol–water partition coefficient (Wildman–Crippen LogP) is 3.37. The van der Waals surface area contributed by atoms with Crippen molar-refractivity contribution in [1.29, 1.82) is 0 Å². The van der Waals surface area contributed by atoms with Crippen LogP contribution in [0.5, 0.6) is 0 Å². The van der Waals surface area contributed by atoms with Crippen molar-refractivity contribution >= 4 is 34.3 Å². The van der Waals surface area contributed by atoms with Gasteiger partial charge in [-0.1, -0.05) is 23.4 Å². The van der Waals surface area contributed by atoms with Crippen molar-refractivity contribution in [2.45, 2.75) is 0 Å². The number of carbonyl (C=O) groups excluding carboxylic acids is 1. The van der Waals surface area contributed by atoms with Gasteiger partial charge >= 0.3 is 0 Å². The van der Waals surface area contributed by atoms with Crippen LogP contribution in [-0.2, 0) is 0 Å². The highest BCUT2D eigenvalue weighted by Gasteiger charge is 2.03. The Morgan fingerprint density at radius 3 is 2.85 bits per heavy atom. The van der Waals surface area contributed by atoms with Crippen LogP contribution in [0.1, 0.15) is 0 Å². The molecule has 0 spiro atoms. The summed E-state index contributed by atoms with van der Waals surface area (Å²) < 4.78 is 12.7. The molecule has 0 aliphatic heterocycles. The van der Waals surface area contributed by atoms with E-state index >= 15 is 0 Å². The summed E-state index contributed by atoms with van der Waals surface area (Å²) in [4.78, 5) is 10.9. The predicted molar refractivity (Wildman–Crippen MR) is 53.9 cm³/mol. The molecule has 1 amide bonds. The van der Waals surface area contributed by atoms with E-state index in [0.29, 0.717) is 5.69 Å². The minimum absolute atomic E-state index is 0.00102. The first kappa shape index (κ1) is 10.3. The molecule has 13 heavy (non-hydrogen) atoms. The Morgan fingerprint density at radius 1 is 1.62 bits per heavy atom. The van der Waals surface area contributed by atoms with E-state index in [1.807, 2.05) is 0 Å². The maximum absolute atomic E-state index is 12.7. The lowest BCUT2D eigenvalue weighted by molar-refractivity contribution is 0.270. The molecule has 70 valence electrons. The molecule has 1 aromatic rings. The minimum Gasteiger partial charge on any atom is -0.317 e. The van der Waals surface area contributed by atoms with Crippen LogP contribution < -0.4 is 5.32 Å². The fourth-order valence-corrected chi connectivity index (χ4v) is 1.14. The molecule has 0 aliphatic rings. The van der Waals surface area contributed by atoms with E-state index in [0.717, 1.165) is 11.8 Å². The Labute approximate surface area is 84.5 Å². The first-order chi connectivity index (χ1) is 6.13. The average molecular weight is 220 g/mol. The largest absolute Gasteiger partial charge is 0.317 e. The molecule has 1 aromatic carbocycles. The van der Waals surface area contributed by atoms with Crippen LogP contribution in [0.25, 0.3) is 0 Å². The summed E-state index contributed by atoms with van der Waals surface area (Å²) >= 11 is 6.55. The standard InChI is InChI=1S/C8H7ClFNOS/c1-13-8(12)11-5-2-3-7(10)6(9)4-5/h2-4H,1H3,(H,11,12). The Kier molecular flexibility index (Phi) is 3.57. The highest BCUT2D eigenvalue weighted by atomic mass is 35.5. The van der Waals surface area contributed by atoms with Gasteiger partial charge in [0.1, 0.15) is 5.82 Å². The Morgan fingerprint density at radius 2 is 2.31 bits per heavy atom. The van der Waals surface area contributed by atoms with Gasteiger partial charge in [-0.05, 0) is 24.5 Å². The van der Waals surface area contributed by atoms with E-state index in [2.05, 4.69) is 5.32 Å². The van der Waals surface area contributed by atoms with Crippen molar-refractivity contribution in [3.8, 4) is 0 Å². The molecule has 0 saturated heterocycles. The van der Waals surface area contributed by atoms with E-state index in [4.69, 9.17) is 11.6 Å². The molecular weight excluding hydrogens is 213 g/mol. The quantitative estimate of drug-likeness (QED) is 0.785. The monoisotopic (exact) mass is 219 g/mol. The second-order valence-corrected chi connectivity index (χ2v) is 3.43. The number of rotatable bonds is 1. The lowest BCUT2D eigenvalue weighted by atomic mass is 10.3. The van der Waals surface area contributed by atoms with Gasteiger partial charge in [0.05, 0.1) is 5.02 Å². The average Bonchev–Trinajstić information content (AvgIpc) is 2.11. The van der Waals surface area contributed by atoms with Gasteiger partial charge in [0.15, 0.2) is 0 Å². The molecule has 0 atom stereocenters. The molecule has 0 bridgehead atoms. The zero-order valence-corrected chi connectivity index (χ0v) is 8.38. The van der Waals surface area contributed by atoms with E-state index in [-0.39, 0.29) is 10.3 Å². The first-order valence-electron chi connectivity index (χ1n) is 3.43. The van der Waals surface area contributed by atoms with Gasteiger partial charge in [-0.25, -0.2) is 4.39 Å². The SMILES string of the molecule is CSC(=O)Nc1ccc(F)c(Cl)c1. The number of hydrogen-bond acceptors (Lipinski definition) is 2. The highest BCUT2D eigenvalue weighted by molar-refractivity contribution is 8.13. The van der Waals surface area contributed by atoms with Crippen molar-refractivity contribution in [1.82, 2.24) is 0 Å². The second kappa shape index (κ2) is 4.48. The highest BCUT2D eigenvalue weighted by Crippen LogP contribution is 2.19. The van der Waals surface area contributed by atoms with Gasteiger partial charge in [-0.15, -0.1) is 0 Å². The zero-order valence-electron chi connectivity index (χ0n) is 6.80. The van der Waals surface area contributed by atoms with Crippen LogP contribution in [0.15, 0.2) is 18.2 Å². The van der Waals surface area contributed by atoms with Gasteiger partial charge < -0.3 is 5.32 Å². The van der Waals surface area contributed by atoms with E-state index in [1.165, 1.54) is 18.2 Å². The molecule has 1 rings (SSSR count). The summed E-state index contributed by atoms with van der Waals surface area (Å²) in [5, 5.41) is 2.33. The molecule has 0 heterocycles. The van der Waals surface area contributed by atoms with E-state index < -0.39 is 5.82 Å². The molecule has 0 radical (unpaired) electrons. The van der Waals surface area contributed by atoms with Gasteiger partial charge in [0, 0.05) is 5.69 Å². The number of hydrogen-bond donors (Lipinski definition) is 1. The number of benzene rings is 1. The van der Waals surface area contributed by atoms with Crippen molar-refractivity contribution < 1.29 is 9.18 Å². The van der Waals surface area contributed by atoms with Crippen molar-refractivity contribution in [2.24, 2.45) is 0 Å². The molecule has 0 aromatic heterocycles. The number of halogens is 2. The zero-order chi connectivity index (χ0) is 9.84. The Bertz CT molecular complexity index is 332. The minimum atomic E-state index is -0.496. The van der Waals surface area contributed by atoms with Crippen LogP contribution in [0.2, 0.25) is 5.02 Å². The van der Waals surface area contributed by atoms with Crippen LogP contribution in [0.3, 0.4) is 0 Å². The maximum atomic E-state index is 12.7. The molecule has 0 saturated carbocycles. The summed E-state index contributed by atoms with van der Waals surface area (Å²) in [5.74, 6) is -0.496. The summed E-state index contributed by atoms with van der Waals surface area (Å²) in [6.07, 6.45) is 1.65. The molecule has 2 nitrogen and oxygen atoms in total. The fourth-order valence-electron chi connectivity index (χ4n) is 0.743. The lowest BCUT2D eigenvalue weighted by Crippen LogP contribution is -2.03. The van der Waals surface area contributed by atoms with Gasteiger partial charge in [-0.3, -0.25) is 4.79 Å². The topological polar surface area (TPSA) is 29.1 Å². The third-order valence-electron chi connectivity index (χ3n) is 1.35. The Hall–Kier alpha value is -0.740. The van der Waals surface area contributed by atoms with Gasteiger partial charge in [-0.2, -0.15) is 0 Å². The summed E-state index contributed by atoms with van der Waals surface area (Å²) in [6, 6.07) is 4.03. The number of thioether (sulfide) groups is 1. The Balaban J connectivity index is 2.79. The maximum Gasteiger partial charge on any atom is 0.283 e. The molecule has 0 fully saturated rings. The van der Waals surface area contributed by atoms with Crippen molar-refractivity contribution in [2.75, 3.05) is 11.6 Å². The molecule has 0 unspecified atom stereocenters. The third kappa shape index (κ3) is 2.90. The number of carbonyl (C=O) groups is 1. The lowest BCUT2D eigenvalue weighted by Gasteiger charge is -2.02.